The summed E-state index contributed by atoms with van der Waals surface area (Å²) in [6.45, 7) is 1.76. The molecule has 132 valence electrons. The van der Waals surface area contributed by atoms with Crippen LogP contribution in [0.15, 0.2) is 24.3 Å². The molecule has 1 amide bonds. The molecule has 1 aromatic carbocycles. The molecule has 1 aromatic rings. The highest BCUT2D eigenvalue weighted by molar-refractivity contribution is 5.85. The van der Waals surface area contributed by atoms with Gasteiger partial charge in [0.05, 0.1) is 25.3 Å². The Balaban J connectivity index is 2.03. The number of hydrogen-bond donors (Lipinski definition) is 2. The second-order valence-corrected chi connectivity index (χ2v) is 5.49. The lowest BCUT2D eigenvalue weighted by molar-refractivity contribution is -0.158. The van der Waals surface area contributed by atoms with Gasteiger partial charge in [-0.1, -0.05) is 12.1 Å². The van der Waals surface area contributed by atoms with E-state index in [4.69, 9.17) is 9.84 Å². The van der Waals surface area contributed by atoms with E-state index in [2.05, 4.69) is 5.32 Å². The quantitative estimate of drug-likeness (QED) is 0.798. The van der Waals surface area contributed by atoms with Crippen molar-refractivity contribution in [2.24, 2.45) is 0 Å². The fraction of sp³-hybridized carbons (Fsp3) is 0.467. The molecule has 0 atom stereocenters. The SMILES string of the molecule is CCOC(=O)C1(NCc2ccc(C(F)(F)F)cc2)CN(C(=O)O)C1. The monoisotopic (exact) mass is 346 g/mol. The van der Waals surface area contributed by atoms with Crippen LogP contribution in [0.2, 0.25) is 0 Å². The molecule has 2 N–H and O–H groups in total. The molecule has 1 aliphatic heterocycles. The lowest BCUT2D eigenvalue weighted by atomic mass is 9.89. The van der Waals surface area contributed by atoms with Crippen LogP contribution in [-0.4, -0.2) is 47.3 Å². The van der Waals surface area contributed by atoms with Crippen molar-refractivity contribution < 1.29 is 32.6 Å². The standard InChI is InChI=1S/C15H17F3N2O4/c1-2-24-12(21)14(8-20(9-14)13(22)23)19-7-10-3-5-11(6-4-10)15(16,17)18/h3-6,19H,2,7-9H2,1H3,(H,22,23). The average Bonchev–Trinajstić information content (AvgIpc) is 2.45. The Hall–Kier alpha value is -2.29. The second-order valence-electron chi connectivity index (χ2n) is 5.49. The maximum atomic E-state index is 12.5. The molecule has 24 heavy (non-hydrogen) atoms. The average molecular weight is 346 g/mol. The highest BCUT2D eigenvalue weighted by atomic mass is 19.4. The molecule has 6 nitrogen and oxygen atoms in total. The number of rotatable bonds is 5. The first-order valence-corrected chi connectivity index (χ1v) is 7.24. The fourth-order valence-electron chi connectivity index (χ4n) is 2.41. The molecule has 1 heterocycles. The van der Waals surface area contributed by atoms with Gasteiger partial charge in [0.1, 0.15) is 0 Å². The third-order valence-corrected chi connectivity index (χ3v) is 3.77. The number of likely N-dealkylation sites (tertiary alicyclic amines) is 1. The Morgan fingerprint density at radius 3 is 2.33 bits per heavy atom. The molecular weight excluding hydrogens is 329 g/mol. The Kier molecular flexibility index (Phi) is 5.02. The number of nitrogens with one attached hydrogen (secondary N) is 1. The molecule has 0 saturated carbocycles. The summed E-state index contributed by atoms with van der Waals surface area (Å²) in [6, 6.07) is 4.53. The number of carbonyl (C=O) groups excluding carboxylic acids is 1. The number of carbonyl (C=O) groups is 2. The Morgan fingerprint density at radius 1 is 1.29 bits per heavy atom. The van der Waals surface area contributed by atoms with Gasteiger partial charge in [-0.05, 0) is 24.6 Å². The number of ether oxygens (including phenoxy) is 1. The Bertz CT molecular complexity index is 610. The van der Waals surface area contributed by atoms with E-state index in [0.717, 1.165) is 17.0 Å². The zero-order valence-electron chi connectivity index (χ0n) is 12.9. The van der Waals surface area contributed by atoms with Crippen LogP contribution in [0, 0.1) is 0 Å². The van der Waals surface area contributed by atoms with Crippen molar-refractivity contribution in [2.45, 2.75) is 25.2 Å². The van der Waals surface area contributed by atoms with Gasteiger partial charge in [-0.2, -0.15) is 13.2 Å². The minimum Gasteiger partial charge on any atom is -0.465 e. The van der Waals surface area contributed by atoms with Gasteiger partial charge in [-0.25, -0.2) is 9.59 Å². The van der Waals surface area contributed by atoms with Crippen LogP contribution >= 0.6 is 0 Å². The van der Waals surface area contributed by atoms with Crippen LogP contribution in [0.4, 0.5) is 18.0 Å². The van der Waals surface area contributed by atoms with Gasteiger partial charge in [0.15, 0.2) is 5.54 Å². The summed E-state index contributed by atoms with van der Waals surface area (Å²) in [7, 11) is 0. The number of nitrogens with zero attached hydrogens (tertiary/aromatic N) is 1. The lowest BCUT2D eigenvalue weighted by Crippen LogP contribution is -2.74. The fourth-order valence-corrected chi connectivity index (χ4v) is 2.41. The van der Waals surface area contributed by atoms with Crippen molar-refractivity contribution in [3.05, 3.63) is 35.4 Å². The molecule has 0 radical (unpaired) electrons. The van der Waals surface area contributed by atoms with Gasteiger partial charge < -0.3 is 14.7 Å². The van der Waals surface area contributed by atoms with Crippen LogP contribution in [0.5, 0.6) is 0 Å². The summed E-state index contributed by atoms with van der Waals surface area (Å²) < 4.78 is 42.5. The zero-order valence-corrected chi connectivity index (χ0v) is 12.9. The number of esters is 1. The number of halogens is 3. The van der Waals surface area contributed by atoms with Crippen LogP contribution in [0.25, 0.3) is 0 Å². The summed E-state index contributed by atoms with van der Waals surface area (Å²) in [6.07, 6.45) is -5.56. The normalized spacial score (nSPS) is 16.4. The molecule has 2 rings (SSSR count). The van der Waals surface area contributed by atoms with Gasteiger partial charge in [-0.15, -0.1) is 0 Å². The van der Waals surface area contributed by atoms with Crippen molar-refractivity contribution in [3.63, 3.8) is 0 Å². The molecule has 1 aliphatic rings. The van der Waals surface area contributed by atoms with Crippen LogP contribution < -0.4 is 5.32 Å². The van der Waals surface area contributed by atoms with Gasteiger partial charge in [0.2, 0.25) is 0 Å². The highest BCUT2D eigenvalue weighted by Crippen LogP contribution is 2.29. The second kappa shape index (κ2) is 6.68. The maximum absolute atomic E-state index is 12.5. The zero-order chi connectivity index (χ0) is 18.0. The third kappa shape index (κ3) is 3.78. The van der Waals surface area contributed by atoms with E-state index in [1.807, 2.05) is 0 Å². The van der Waals surface area contributed by atoms with Crippen molar-refractivity contribution in [1.29, 1.82) is 0 Å². The minimum absolute atomic E-state index is 0.0677. The van der Waals surface area contributed by atoms with Gasteiger partial charge in [-0.3, -0.25) is 5.32 Å². The molecule has 0 bridgehead atoms. The topological polar surface area (TPSA) is 78.9 Å². The van der Waals surface area contributed by atoms with Crippen molar-refractivity contribution in [2.75, 3.05) is 19.7 Å². The summed E-state index contributed by atoms with van der Waals surface area (Å²) in [5.74, 6) is -0.575. The van der Waals surface area contributed by atoms with Crippen LogP contribution in [-0.2, 0) is 22.3 Å². The van der Waals surface area contributed by atoms with Gasteiger partial charge >= 0.3 is 18.2 Å². The minimum atomic E-state index is -4.41. The molecule has 0 spiro atoms. The number of amides is 1. The predicted octanol–water partition coefficient (Wildman–Crippen LogP) is 2.09. The Morgan fingerprint density at radius 2 is 1.88 bits per heavy atom. The summed E-state index contributed by atoms with van der Waals surface area (Å²) in [5, 5.41) is 11.8. The summed E-state index contributed by atoms with van der Waals surface area (Å²) in [5.41, 5.74) is -1.38. The van der Waals surface area contributed by atoms with E-state index in [-0.39, 0.29) is 26.2 Å². The molecule has 1 saturated heterocycles. The highest BCUT2D eigenvalue weighted by Gasteiger charge is 2.52. The smallest absolute Gasteiger partial charge is 0.416 e. The van der Waals surface area contributed by atoms with E-state index < -0.39 is 29.3 Å². The van der Waals surface area contributed by atoms with Crippen LogP contribution in [0.3, 0.4) is 0 Å². The van der Waals surface area contributed by atoms with Gasteiger partial charge in [0, 0.05) is 6.54 Å². The predicted molar refractivity (Wildman–Crippen MR) is 77.2 cm³/mol. The number of carboxylic acid groups (broad SMARTS) is 1. The van der Waals surface area contributed by atoms with Crippen molar-refractivity contribution in [3.8, 4) is 0 Å². The van der Waals surface area contributed by atoms with E-state index in [0.29, 0.717) is 5.56 Å². The van der Waals surface area contributed by atoms with Crippen LogP contribution in [0.1, 0.15) is 18.1 Å². The lowest BCUT2D eigenvalue weighted by Gasteiger charge is -2.46. The molecule has 0 aliphatic carbocycles. The third-order valence-electron chi connectivity index (χ3n) is 3.77. The first-order chi connectivity index (χ1) is 11.2. The van der Waals surface area contributed by atoms with E-state index >= 15 is 0 Å². The largest absolute Gasteiger partial charge is 0.465 e. The first kappa shape index (κ1) is 18.1. The summed E-state index contributed by atoms with van der Waals surface area (Å²) in [4.78, 5) is 24.0. The molecular formula is C15H17F3N2O4. The van der Waals surface area contributed by atoms with Crippen molar-refractivity contribution >= 4 is 12.1 Å². The molecule has 9 heteroatoms. The van der Waals surface area contributed by atoms with Gasteiger partial charge in [0.25, 0.3) is 0 Å². The van der Waals surface area contributed by atoms with E-state index in [1.54, 1.807) is 6.92 Å². The van der Waals surface area contributed by atoms with E-state index in [1.165, 1.54) is 12.1 Å². The number of benzene rings is 1. The molecule has 0 aromatic heterocycles. The first-order valence-electron chi connectivity index (χ1n) is 7.24. The molecule has 0 unspecified atom stereocenters. The Labute approximate surface area is 136 Å². The van der Waals surface area contributed by atoms with Crippen molar-refractivity contribution in [1.82, 2.24) is 10.2 Å². The number of hydrogen-bond acceptors (Lipinski definition) is 4. The number of alkyl halides is 3. The summed E-state index contributed by atoms with van der Waals surface area (Å²) >= 11 is 0. The molecule has 1 fully saturated rings. The van der Waals surface area contributed by atoms with E-state index in [9.17, 15) is 22.8 Å². The maximum Gasteiger partial charge on any atom is 0.416 e.